The maximum Gasteiger partial charge on any atom is 0.285 e. The van der Waals surface area contributed by atoms with E-state index in [0.29, 0.717) is 30.9 Å². The van der Waals surface area contributed by atoms with Gasteiger partial charge in [0.25, 0.3) is 11.8 Å². The topological polar surface area (TPSA) is 133 Å². The molecule has 0 saturated carbocycles. The minimum atomic E-state index is -0.442. The molecule has 0 unspecified atom stereocenters. The molecule has 0 bridgehead atoms. The highest BCUT2D eigenvalue weighted by Crippen LogP contribution is 2.40. The highest BCUT2D eigenvalue weighted by Gasteiger charge is 2.43. The van der Waals surface area contributed by atoms with Crippen molar-refractivity contribution in [3.8, 4) is 0 Å². The van der Waals surface area contributed by atoms with Gasteiger partial charge in [0.1, 0.15) is 6.61 Å². The van der Waals surface area contributed by atoms with Crippen molar-refractivity contribution < 1.29 is 28.9 Å². The summed E-state index contributed by atoms with van der Waals surface area (Å²) in [6, 6.07) is 10.7. The number of piperidine rings is 2. The van der Waals surface area contributed by atoms with Crippen LogP contribution in [0.3, 0.4) is 0 Å². The van der Waals surface area contributed by atoms with Crippen LogP contribution < -0.4 is 5.90 Å². The summed E-state index contributed by atoms with van der Waals surface area (Å²) in [5.74, 6) is 4.22. The van der Waals surface area contributed by atoms with Gasteiger partial charge in [0.05, 0.1) is 30.9 Å². The minimum Gasteiger partial charge on any atom is -0.300 e. The molecular weight excluding hydrogens is 660 g/mol. The Kier molecular flexibility index (Phi) is 12.3. The van der Waals surface area contributed by atoms with Gasteiger partial charge in [0.2, 0.25) is 0 Å². The number of hydroxylamine groups is 6. The molecule has 6 rings (SSSR count). The summed E-state index contributed by atoms with van der Waals surface area (Å²) in [6.45, 7) is 19.1. The number of nitrogens with zero attached hydrogens (tertiary/aromatic N) is 5. The van der Waals surface area contributed by atoms with Crippen LogP contribution in [0.15, 0.2) is 61.2 Å². The van der Waals surface area contributed by atoms with Crippen LogP contribution in [-0.4, -0.2) is 59.1 Å². The van der Waals surface area contributed by atoms with Gasteiger partial charge in [0.15, 0.2) is 0 Å². The maximum atomic E-state index is 12.4. The molecule has 12 nitrogen and oxygen atoms in total. The highest BCUT2D eigenvalue weighted by atomic mass is 16.7. The maximum absolute atomic E-state index is 12.4. The molecule has 282 valence electrons. The van der Waals surface area contributed by atoms with Crippen LogP contribution in [0.4, 0.5) is 0 Å². The van der Waals surface area contributed by atoms with Crippen LogP contribution in [0, 0.1) is 0 Å². The third-order valence-electron chi connectivity index (χ3n) is 10.1. The second kappa shape index (κ2) is 16.2. The molecule has 12 heteroatoms. The predicted octanol–water partition coefficient (Wildman–Crippen LogP) is 7.23. The number of aromatic nitrogens is 2. The van der Waals surface area contributed by atoms with Crippen molar-refractivity contribution in [2.24, 2.45) is 5.90 Å². The van der Waals surface area contributed by atoms with E-state index in [1.807, 2.05) is 18.3 Å². The third-order valence-corrected chi connectivity index (χ3v) is 10.1. The number of rotatable bonds is 11. The Balaban J connectivity index is 0.000000217. The lowest BCUT2D eigenvalue weighted by molar-refractivity contribution is -0.288. The Labute approximate surface area is 308 Å². The number of carbonyl (C=O) groups is 2. The lowest BCUT2D eigenvalue weighted by Crippen LogP contribution is -2.58. The summed E-state index contributed by atoms with van der Waals surface area (Å²) in [6.07, 6.45) is 13.9. The number of hydrogen-bond acceptors (Lipinski definition) is 11. The SMILES string of the molecule is CC1(C)CCCC(C)(C)N1OCc1cncc(CON)c1.CC1(C)CCCC(C)(C)N1OCc1cncc(CON2C(=O)c3ccccc3C2=O)c1. The number of imide groups is 1. The fourth-order valence-electron chi connectivity index (χ4n) is 7.85. The van der Waals surface area contributed by atoms with Gasteiger partial charge >= 0.3 is 0 Å². The Morgan fingerprint density at radius 3 is 1.29 bits per heavy atom. The van der Waals surface area contributed by atoms with Gasteiger partial charge < -0.3 is 0 Å². The lowest BCUT2D eigenvalue weighted by atomic mass is 9.82. The molecule has 2 fully saturated rings. The van der Waals surface area contributed by atoms with Crippen LogP contribution in [0.1, 0.15) is 137 Å². The first-order valence-electron chi connectivity index (χ1n) is 18.2. The molecular formula is C40H56N6O6. The van der Waals surface area contributed by atoms with E-state index >= 15 is 0 Å². The van der Waals surface area contributed by atoms with Crippen molar-refractivity contribution >= 4 is 11.8 Å². The second-order valence-corrected chi connectivity index (χ2v) is 16.5. The molecule has 0 radical (unpaired) electrons. The monoisotopic (exact) mass is 716 g/mol. The zero-order chi connectivity index (χ0) is 37.7. The van der Waals surface area contributed by atoms with Crippen molar-refractivity contribution in [2.75, 3.05) is 0 Å². The van der Waals surface area contributed by atoms with E-state index in [4.69, 9.17) is 20.4 Å². The number of hydrogen-bond donors (Lipinski definition) is 1. The van der Waals surface area contributed by atoms with Gasteiger partial charge in [-0.05, 0) is 140 Å². The molecule has 0 spiro atoms. The number of nitrogens with two attached hydrogens (primary N) is 1. The largest absolute Gasteiger partial charge is 0.300 e. The van der Waals surface area contributed by atoms with Crippen molar-refractivity contribution in [1.82, 2.24) is 25.2 Å². The zero-order valence-corrected chi connectivity index (χ0v) is 32.1. The second-order valence-electron chi connectivity index (χ2n) is 16.5. The molecule has 3 aromatic rings. The molecule has 52 heavy (non-hydrogen) atoms. The summed E-state index contributed by atoms with van der Waals surface area (Å²) in [4.78, 5) is 56.0. The van der Waals surface area contributed by atoms with Crippen molar-refractivity contribution in [2.45, 2.75) is 142 Å². The molecule has 2 amide bonds. The lowest BCUT2D eigenvalue weighted by Gasteiger charge is -2.51. The van der Waals surface area contributed by atoms with Gasteiger partial charge in [-0.2, -0.15) is 10.1 Å². The standard InChI is InChI=1S/C24H29N3O4.C16H27N3O2/c1-23(2)10-7-11-24(3,4)27(23)31-16-18-12-17(13-25-14-18)15-30-26-21(28)19-8-5-6-9-20(19)22(26)29;1-15(2)6-5-7-16(3,4)19(15)21-12-14-8-13(11-20-17)9-18-10-14/h5-6,8-9,12-14H,7,10-11,15-16H2,1-4H3;8-10H,5-7,11-12,17H2,1-4H3. The van der Waals surface area contributed by atoms with Crippen molar-refractivity contribution in [3.05, 3.63) is 94.6 Å². The van der Waals surface area contributed by atoms with Crippen LogP contribution in [0.5, 0.6) is 0 Å². The van der Waals surface area contributed by atoms with E-state index < -0.39 is 11.8 Å². The van der Waals surface area contributed by atoms with Gasteiger partial charge in [0, 0.05) is 46.9 Å². The molecule has 0 atom stereocenters. The average Bonchev–Trinajstić information content (AvgIpc) is 3.31. The van der Waals surface area contributed by atoms with E-state index in [-0.39, 0.29) is 28.8 Å². The predicted molar refractivity (Wildman–Crippen MR) is 196 cm³/mol. The van der Waals surface area contributed by atoms with Crippen LogP contribution >= 0.6 is 0 Å². The van der Waals surface area contributed by atoms with Gasteiger partial charge in [-0.1, -0.05) is 12.1 Å². The average molecular weight is 717 g/mol. The third kappa shape index (κ3) is 9.29. The molecule has 3 aliphatic rings. The van der Waals surface area contributed by atoms with Crippen LogP contribution in [0.2, 0.25) is 0 Å². The number of pyridine rings is 2. The quantitative estimate of drug-likeness (QED) is 0.159. The Hall–Kier alpha value is -3.62. The van der Waals surface area contributed by atoms with E-state index in [1.54, 1.807) is 42.9 Å². The van der Waals surface area contributed by atoms with Gasteiger partial charge in [-0.15, -0.1) is 5.06 Å². The zero-order valence-electron chi connectivity index (χ0n) is 32.1. The normalized spacial score (nSPS) is 20.7. The van der Waals surface area contributed by atoms with Gasteiger partial charge in [-0.3, -0.25) is 38.9 Å². The molecule has 3 aliphatic heterocycles. The fourth-order valence-corrected chi connectivity index (χ4v) is 7.85. The Morgan fingerprint density at radius 1 is 0.577 bits per heavy atom. The first-order chi connectivity index (χ1) is 24.5. The van der Waals surface area contributed by atoms with Gasteiger partial charge in [-0.25, -0.2) is 5.90 Å². The van der Waals surface area contributed by atoms with Crippen LogP contribution in [-0.2, 0) is 45.8 Å². The number of carbonyl (C=O) groups excluding carboxylic acids is 2. The molecule has 2 N–H and O–H groups in total. The molecule has 5 heterocycles. The number of fused-ring (bicyclic) bond motifs is 1. The van der Waals surface area contributed by atoms with E-state index in [9.17, 15) is 9.59 Å². The molecule has 2 aromatic heterocycles. The summed E-state index contributed by atoms with van der Waals surface area (Å²) in [7, 11) is 0. The summed E-state index contributed by atoms with van der Waals surface area (Å²) in [5.41, 5.74) is 4.38. The highest BCUT2D eigenvalue weighted by molar-refractivity contribution is 6.20. The summed E-state index contributed by atoms with van der Waals surface area (Å²) < 4.78 is 0. The smallest absolute Gasteiger partial charge is 0.285 e. The first kappa shape index (κ1) is 39.6. The van der Waals surface area contributed by atoms with E-state index in [1.165, 1.54) is 12.8 Å². The van der Waals surface area contributed by atoms with Crippen molar-refractivity contribution in [1.29, 1.82) is 0 Å². The van der Waals surface area contributed by atoms with E-state index in [2.05, 4.69) is 80.3 Å². The van der Waals surface area contributed by atoms with Crippen molar-refractivity contribution in [3.63, 3.8) is 0 Å². The van der Waals surface area contributed by atoms with Crippen LogP contribution in [0.25, 0.3) is 0 Å². The molecule has 0 aliphatic carbocycles. The number of amides is 2. The Bertz CT molecular complexity index is 1640. The first-order valence-corrected chi connectivity index (χ1v) is 18.2. The summed E-state index contributed by atoms with van der Waals surface area (Å²) in [5, 5.41) is 5.10. The molecule has 2 saturated heterocycles. The number of benzene rings is 1. The fraction of sp³-hybridized carbons (Fsp3) is 0.550. The van der Waals surface area contributed by atoms with E-state index in [0.717, 1.165) is 53.0 Å². The summed E-state index contributed by atoms with van der Waals surface area (Å²) >= 11 is 0. The Morgan fingerprint density at radius 2 is 0.923 bits per heavy atom. The molecule has 1 aromatic carbocycles. The minimum absolute atomic E-state index is 0.0403.